The molecule has 6 heteroatoms. The van der Waals surface area contributed by atoms with E-state index in [1.165, 1.54) is 0 Å². The van der Waals surface area contributed by atoms with Crippen LogP contribution in [0.2, 0.25) is 5.15 Å². The second-order valence-corrected chi connectivity index (χ2v) is 5.39. The van der Waals surface area contributed by atoms with Gasteiger partial charge in [-0.3, -0.25) is 0 Å². The quantitative estimate of drug-likeness (QED) is 0.821. The summed E-state index contributed by atoms with van der Waals surface area (Å²) >= 11 is 6.27. The molecule has 0 saturated carbocycles. The van der Waals surface area contributed by atoms with Gasteiger partial charge in [0.1, 0.15) is 5.15 Å². The molecule has 5 nitrogen and oxygen atoms in total. The molecule has 0 aliphatic carbocycles. The van der Waals surface area contributed by atoms with E-state index in [9.17, 15) is 0 Å². The van der Waals surface area contributed by atoms with Crippen LogP contribution in [0.15, 0.2) is 0 Å². The third-order valence-electron chi connectivity index (χ3n) is 3.64. The van der Waals surface area contributed by atoms with Crippen LogP contribution in [0.25, 0.3) is 0 Å². The average Bonchev–Trinajstić information content (AvgIpc) is 2.81. The zero-order chi connectivity index (χ0) is 13.1. The molecular formula is C13H19ClN4O. The van der Waals surface area contributed by atoms with Crippen molar-refractivity contribution in [3.63, 3.8) is 0 Å². The van der Waals surface area contributed by atoms with E-state index in [4.69, 9.17) is 16.3 Å². The van der Waals surface area contributed by atoms with Crippen LogP contribution in [0, 0.1) is 0 Å². The van der Waals surface area contributed by atoms with Crippen molar-refractivity contribution in [2.45, 2.75) is 31.8 Å². The van der Waals surface area contributed by atoms with Crippen LogP contribution in [-0.4, -0.2) is 42.3 Å². The van der Waals surface area contributed by atoms with E-state index in [0.29, 0.717) is 11.1 Å². The van der Waals surface area contributed by atoms with E-state index in [1.807, 2.05) is 0 Å². The molecule has 2 aliphatic heterocycles. The van der Waals surface area contributed by atoms with Crippen molar-refractivity contribution in [1.29, 1.82) is 0 Å². The van der Waals surface area contributed by atoms with Crippen LogP contribution in [0.1, 0.15) is 24.1 Å². The van der Waals surface area contributed by atoms with E-state index in [-0.39, 0.29) is 6.10 Å². The maximum Gasteiger partial charge on any atom is 0.224 e. The lowest BCUT2D eigenvalue weighted by Gasteiger charge is -2.13. The molecule has 1 unspecified atom stereocenters. The number of nitrogens with one attached hydrogen (secondary N) is 2. The summed E-state index contributed by atoms with van der Waals surface area (Å²) in [5.74, 6) is 0.626. The van der Waals surface area contributed by atoms with E-state index in [0.717, 1.165) is 63.2 Å². The standard InChI is InChI=1S/C13H19ClN4O/c14-12-10-3-5-15-6-4-11(10)17-13(18-12)16-8-9-2-1-7-19-9/h9,15H,1-8H2,(H,16,17,18). The third-order valence-corrected chi connectivity index (χ3v) is 3.96. The highest BCUT2D eigenvalue weighted by atomic mass is 35.5. The molecule has 19 heavy (non-hydrogen) atoms. The molecule has 0 bridgehead atoms. The fraction of sp³-hybridized carbons (Fsp3) is 0.692. The number of rotatable bonds is 3. The van der Waals surface area contributed by atoms with Crippen molar-refractivity contribution in [3.8, 4) is 0 Å². The topological polar surface area (TPSA) is 59.1 Å². The van der Waals surface area contributed by atoms with Crippen molar-refractivity contribution in [2.24, 2.45) is 0 Å². The first-order valence-electron chi connectivity index (χ1n) is 6.94. The second-order valence-electron chi connectivity index (χ2n) is 5.03. The van der Waals surface area contributed by atoms with Gasteiger partial charge in [-0.25, -0.2) is 9.97 Å². The molecule has 0 aromatic carbocycles. The largest absolute Gasteiger partial charge is 0.376 e. The molecule has 104 valence electrons. The summed E-state index contributed by atoms with van der Waals surface area (Å²) in [4.78, 5) is 8.94. The minimum absolute atomic E-state index is 0.280. The number of hydrogen-bond acceptors (Lipinski definition) is 5. The SMILES string of the molecule is Clc1nc(NCC2CCCO2)nc2c1CCNCC2. The van der Waals surface area contributed by atoms with Gasteiger partial charge in [-0.15, -0.1) is 0 Å². The Bertz CT molecular complexity index is 449. The monoisotopic (exact) mass is 282 g/mol. The van der Waals surface area contributed by atoms with Crippen molar-refractivity contribution in [3.05, 3.63) is 16.4 Å². The molecule has 3 rings (SSSR count). The lowest BCUT2D eigenvalue weighted by molar-refractivity contribution is 0.120. The number of ether oxygens (including phenoxy) is 1. The Kier molecular flexibility index (Phi) is 4.15. The molecule has 1 aromatic rings. The van der Waals surface area contributed by atoms with Crippen LogP contribution in [0.3, 0.4) is 0 Å². The van der Waals surface area contributed by atoms with Crippen molar-refractivity contribution in [1.82, 2.24) is 15.3 Å². The number of fused-ring (bicyclic) bond motifs is 1. The van der Waals surface area contributed by atoms with E-state index in [1.54, 1.807) is 0 Å². The van der Waals surface area contributed by atoms with Crippen molar-refractivity contribution < 1.29 is 4.74 Å². The van der Waals surface area contributed by atoms with Gasteiger partial charge in [0.25, 0.3) is 0 Å². The summed E-state index contributed by atoms with van der Waals surface area (Å²) in [6.45, 7) is 3.52. The van der Waals surface area contributed by atoms with Gasteiger partial charge < -0.3 is 15.4 Å². The summed E-state index contributed by atoms with van der Waals surface area (Å²) in [7, 11) is 0. The van der Waals surface area contributed by atoms with Gasteiger partial charge in [0.2, 0.25) is 5.95 Å². The van der Waals surface area contributed by atoms with Crippen LogP contribution in [0.4, 0.5) is 5.95 Å². The Morgan fingerprint density at radius 1 is 1.32 bits per heavy atom. The average molecular weight is 283 g/mol. The highest BCUT2D eigenvalue weighted by Crippen LogP contribution is 2.21. The summed E-state index contributed by atoms with van der Waals surface area (Å²) in [5.41, 5.74) is 2.16. The Labute approximate surface area is 118 Å². The van der Waals surface area contributed by atoms with E-state index in [2.05, 4.69) is 20.6 Å². The zero-order valence-electron chi connectivity index (χ0n) is 10.9. The van der Waals surface area contributed by atoms with Gasteiger partial charge in [-0.1, -0.05) is 11.6 Å². The molecular weight excluding hydrogens is 264 g/mol. The zero-order valence-corrected chi connectivity index (χ0v) is 11.7. The summed E-state index contributed by atoms with van der Waals surface area (Å²) in [6.07, 6.45) is 4.34. The first-order valence-corrected chi connectivity index (χ1v) is 7.32. The highest BCUT2D eigenvalue weighted by molar-refractivity contribution is 6.30. The minimum atomic E-state index is 0.280. The second kappa shape index (κ2) is 6.03. The molecule has 2 aliphatic rings. The molecule has 2 N–H and O–H groups in total. The fourth-order valence-corrected chi connectivity index (χ4v) is 2.87. The normalized spacial score (nSPS) is 22.9. The highest BCUT2D eigenvalue weighted by Gasteiger charge is 2.18. The Balaban J connectivity index is 1.71. The summed E-state index contributed by atoms with van der Waals surface area (Å²) in [6, 6.07) is 0. The molecule has 0 spiro atoms. The summed E-state index contributed by atoms with van der Waals surface area (Å²) < 4.78 is 5.58. The molecule has 3 heterocycles. The van der Waals surface area contributed by atoms with Gasteiger partial charge in [-0.2, -0.15) is 0 Å². The fourth-order valence-electron chi connectivity index (χ4n) is 2.59. The predicted octanol–water partition coefficient (Wildman–Crippen LogP) is 1.41. The number of aromatic nitrogens is 2. The third kappa shape index (κ3) is 3.16. The van der Waals surface area contributed by atoms with Crippen LogP contribution < -0.4 is 10.6 Å². The van der Waals surface area contributed by atoms with Crippen LogP contribution in [-0.2, 0) is 17.6 Å². The minimum Gasteiger partial charge on any atom is -0.376 e. The number of hydrogen-bond donors (Lipinski definition) is 2. The molecule has 0 amide bonds. The maximum absolute atomic E-state index is 6.27. The van der Waals surface area contributed by atoms with Gasteiger partial charge in [0.05, 0.1) is 11.8 Å². The van der Waals surface area contributed by atoms with Gasteiger partial charge in [0.15, 0.2) is 0 Å². The van der Waals surface area contributed by atoms with Gasteiger partial charge >= 0.3 is 0 Å². The Morgan fingerprint density at radius 2 is 2.21 bits per heavy atom. The number of nitrogens with zero attached hydrogens (tertiary/aromatic N) is 2. The van der Waals surface area contributed by atoms with E-state index >= 15 is 0 Å². The van der Waals surface area contributed by atoms with Crippen LogP contribution >= 0.6 is 11.6 Å². The summed E-state index contributed by atoms with van der Waals surface area (Å²) in [5, 5.41) is 7.18. The molecule has 1 aromatic heterocycles. The molecule has 1 saturated heterocycles. The lowest BCUT2D eigenvalue weighted by atomic mass is 10.1. The molecule has 1 atom stereocenters. The first kappa shape index (κ1) is 13.1. The number of anilines is 1. The van der Waals surface area contributed by atoms with Crippen molar-refractivity contribution in [2.75, 3.05) is 31.6 Å². The van der Waals surface area contributed by atoms with Crippen molar-refractivity contribution >= 4 is 17.5 Å². The first-order chi connectivity index (χ1) is 9.33. The van der Waals surface area contributed by atoms with Crippen LogP contribution in [0.5, 0.6) is 0 Å². The molecule has 0 radical (unpaired) electrons. The Morgan fingerprint density at radius 3 is 3.05 bits per heavy atom. The smallest absolute Gasteiger partial charge is 0.224 e. The Hall–Kier alpha value is -0.910. The van der Waals surface area contributed by atoms with Gasteiger partial charge in [0, 0.05) is 31.7 Å². The number of halogens is 1. The molecule has 1 fully saturated rings. The predicted molar refractivity (Wildman–Crippen MR) is 74.8 cm³/mol. The lowest BCUT2D eigenvalue weighted by Crippen LogP contribution is -2.20. The maximum atomic E-state index is 6.27. The van der Waals surface area contributed by atoms with E-state index < -0.39 is 0 Å². The van der Waals surface area contributed by atoms with Gasteiger partial charge in [-0.05, 0) is 25.8 Å².